The predicted molar refractivity (Wildman–Crippen MR) is 93.7 cm³/mol. The van der Waals surface area contributed by atoms with Crippen molar-refractivity contribution >= 4 is 17.2 Å². The van der Waals surface area contributed by atoms with Gasteiger partial charge in [0.1, 0.15) is 11.5 Å². The Morgan fingerprint density at radius 2 is 1.92 bits per heavy atom. The first kappa shape index (κ1) is 14.8. The Kier molecular flexibility index (Phi) is 3.34. The molecule has 0 radical (unpaired) electrons. The zero-order valence-electron chi connectivity index (χ0n) is 13.5. The number of phenolic OH excluding ortho intramolecular Hbond substituents is 2. The largest absolute Gasteiger partial charge is 0.508 e. The number of aromatic nitrogens is 1. The van der Waals surface area contributed by atoms with Gasteiger partial charge in [-0.05, 0) is 48.7 Å². The van der Waals surface area contributed by atoms with Crippen LogP contribution in [0.4, 0.5) is 0 Å². The van der Waals surface area contributed by atoms with Crippen molar-refractivity contribution in [2.24, 2.45) is 0 Å². The number of aromatic hydroxyl groups is 2. The Morgan fingerprint density at radius 1 is 1.17 bits per heavy atom. The molecule has 0 bridgehead atoms. The van der Waals surface area contributed by atoms with Gasteiger partial charge in [-0.3, -0.25) is 4.79 Å². The number of hydrogen-bond acceptors (Lipinski definition) is 3. The number of rotatable bonds is 3. The minimum Gasteiger partial charge on any atom is -0.508 e. The summed E-state index contributed by atoms with van der Waals surface area (Å²) < 4.78 is 2.20. The normalized spacial score (nSPS) is 16.0. The van der Waals surface area contributed by atoms with E-state index in [9.17, 15) is 15.0 Å². The molecular formula is C20H19NO3. The van der Waals surface area contributed by atoms with E-state index in [0.717, 1.165) is 53.3 Å². The number of fused-ring (bicyclic) bond motifs is 5. The van der Waals surface area contributed by atoms with Crippen LogP contribution in [0.25, 0.3) is 22.2 Å². The molecule has 2 heterocycles. The fraction of sp³-hybridized carbons (Fsp3) is 0.250. The maximum atomic E-state index is 11.9. The number of benzene rings is 2. The van der Waals surface area contributed by atoms with Crippen molar-refractivity contribution < 1.29 is 15.0 Å². The summed E-state index contributed by atoms with van der Waals surface area (Å²) in [6.07, 6.45) is 3.70. The van der Waals surface area contributed by atoms with Crippen molar-refractivity contribution in [3.8, 4) is 22.8 Å². The van der Waals surface area contributed by atoms with Crippen molar-refractivity contribution in [2.75, 3.05) is 0 Å². The van der Waals surface area contributed by atoms with E-state index in [0.29, 0.717) is 5.56 Å². The lowest BCUT2D eigenvalue weighted by Gasteiger charge is -2.29. The van der Waals surface area contributed by atoms with Gasteiger partial charge in [0, 0.05) is 28.6 Å². The van der Waals surface area contributed by atoms with Gasteiger partial charge in [-0.1, -0.05) is 13.3 Å². The summed E-state index contributed by atoms with van der Waals surface area (Å²) in [5, 5.41) is 20.6. The minimum atomic E-state index is 0.201. The second-order valence-electron chi connectivity index (χ2n) is 6.44. The summed E-state index contributed by atoms with van der Waals surface area (Å²) in [5.74, 6) is 0.450. The number of phenols is 2. The van der Waals surface area contributed by atoms with E-state index in [4.69, 9.17) is 0 Å². The highest BCUT2D eigenvalue weighted by Gasteiger charge is 2.29. The van der Waals surface area contributed by atoms with E-state index in [1.165, 1.54) is 0 Å². The van der Waals surface area contributed by atoms with Crippen LogP contribution in [0.5, 0.6) is 11.5 Å². The topological polar surface area (TPSA) is 62.5 Å². The second-order valence-corrected chi connectivity index (χ2v) is 6.44. The monoisotopic (exact) mass is 321 g/mol. The van der Waals surface area contributed by atoms with Gasteiger partial charge in [0.25, 0.3) is 0 Å². The maximum Gasteiger partial charge on any atom is 0.152 e. The quantitative estimate of drug-likeness (QED) is 0.702. The summed E-state index contributed by atoms with van der Waals surface area (Å²) in [4.78, 5) is 11.9. The van der Waals surface area contributed by atoms with Crippen molar-refractivity contribution in [1.82, 2.24) is 4.57 Å². The molecule has 2 N–H and O–H groups in total. The van der Waals surface area contributed by atoms with Crippen LogP contribution in [-0.4, -0.2) is 21.1 Å². The predicted octanol–water partition coefficient (Wildman–Crippen LogP) is 4.43. The highest BCUT2D eigenvalue weighted by atomic mass is 16.3. The van der Waals surface area contributed by atoms with Crippen LogP contribution >= 0.6 is 0 Å². The Morgan fingerprint density at radius 3 is 2.67 bits per heavy atom. The molecule has 1 aliphatic rings. The summed E-state index contributed by atoms with van der Waals surface area (Å²) in [6.45, 7) is 2.14. The van der Waals surface area contributed by atoms with Gasteiger partial charge in [-0.25, -0.2) is 0 Å². The highest BCUT2D eigenvalue weighted by molar-refractivity contribution is 6.06. The lowest BCUT2D eigenvalue weighted by Crippen LogP contribution is -2.18. The summed E-state index contributed by atoms with van der Waals surface area (Å²) in [7, 11) is 0. The SMILES string of the molecule is CCCC1Cc2cc(O)ccc2-c2c(C=O)c3ccc(O)cc3n21. The van der Waals surface area contributed by atoms with E-state index in [1.54, 1.807) is 24.3 Å². The highest BCUT2D eigenvalue weighted by Crippen LogP contribution is 2.44. The molecule has 1 aliphatic heterocycles. The van der Waals surface area contributed by atoms with Crippen LogP contribution in [0, 0.1) is 0 Å². The molecule has 0 saturated carbocycles. The van der Waals surface area contributed by atoms with Crippen molar-refractivity contribution in [3.63, 3.8) is 0 Å². The van der Waals surface area contributed by atoms with E-state index in [2.05, 4.69) is 11.5 Å². The zero-order chi connectivity index (χ0) is 16.8. The molecule has 1 aromatic heterocycles. The minimum absolute atomic E-state index is 0.201. The van der Waals surface area contributed by atoms with Crippen LogP contribution in [0.3, 0.4) is 0 Å². The van der Waals surface area contributed by atoms with Gasteiger partial charge in [0.05, 0.1) is 11.2 Å². The van der Waals surface area contributed by atoms with Gasteiger partial charge in [0.2, 0.25) is 0 Å². The van der Waals surface area contributed by atoms with E-state index in [1.807, 2.05) is 12.1 Å². The Bertz CT molecular complexity index is 955. The first-order valence-electron chi connectivity index (χ1n) is 8.28. The Balaban J connectivity index is 2.12. The van der Waals surface area contributed by atoms with Gasteiger partial charge >= 0.3 is 0 Å². The molecule has 0 spiro atoms. The summed E-state index contributed by atoms with van der Waals surface area (Å²) in [6, 6.07) is 10.7. The summed E-state index contributed by atoms with van der Waals surface area (Å²) >= 11 is 0. The third-order valence-electron chi connectivity index (χ3n) is 4.93. The third-order valence-corrected chi connectivity index (χ3v) is 4.93. The molecular weight excluding hydrogens is 302 g/mol. The summed E-state index contributed by atoms with van der Waals surface area (Å²) in [5.41, 5.74) is 4.49. The first-order valence-corrected chi connectivity index (χ1v) is 8.28. The van der Waals surface area contributed by atoms with Gasteiger partial charge in [0.15, 0.2) is 6.29 Å². The molecule has 1 atom stereocenters. The smallest absolute Gasteiger partial charge is 0.152 e. The lowest BCUT2D eigenvalue weighted by molar-refractivity contribution is 0.112. The number of nitrogens with zero attached hydrogens (tertiary/aromatic N) is 1. The lowest BCUT2D eigenvalue weighted by atomic mass is 9.90. The molecule has 0 aliphatic carbocycles. The Hall–Kier alpha value is -2.75. The third kappa shape index (κ3) is 2.03. The zero-order valence-corrected chi connectivity index (χ0v) is 13.5. The van der Waals surface area contributed by atoms with Crippen molar-refractivity contribution in [2.45, 2.75) is 32.2 Å². The van der Waals surface area contributed by atoms with Crippen LogP contribution in [0.1, 0.15) is 41.7 Å². The molecule has 0 amide bonds. The molecule has 1 unspecified atom stereocenters. The van der Waals surface area contributed by atoms with Gasteiger partial charge in [-0.2, -0.15) is 0 Å². The molecule has 122 valence electrons. The molecule has 2 aromatic carbocycles. The van der Waals surface area contributed by atoms with Gasteiger partial charge in [-0.15, -0.1) is 0 Å². The molecule has 0 saturated heterocycles. The molecule has 4 rings (SSSR count). The molecule has 3 aromatic rings. The molecule has 0 fully saturated rings. The standard InChI is InChI=1S/C20H19NO3/c1-2-3-13-8-12-9-14(23)4-6-16(12)20-18(11-22)17-7-5-15(24)10-19(17)21(13)20/h4-7,9-11,13,23-24H,2-3,8H2,1H3. The van der Waals surface area contributed by atoms with E-state index in [-0.39, 0.29) is 17.5 Å². The first-order chi connectivity index (χ1) is 11.6. The van der Waals surface area contributed by atoms with Gasteiger partial charge < -0.3 is 14.8 Å². The molecule has 4 nitrogen and oxygen atoms in total. The number of carbonyl (C=O) groups is 1. The van der Waals surface area contributed by atoms with E-state index >= 15 is 0 Å². The number of aldehydes is 1. The van der Waals surface area contributed by atoms with Crippen molar-refractivity contribution in [1.29, 1.82) is 0 Å². The fourth-order valence-electron chi connectivity index (χ4n) is 3.99. The van der Waals surface area contributed by atoms with Crippen LogP contribution in [-0.2, 0) is 6.42 Å². The molecule has 24 heavy (non-hydrogen) atoms. The van der Waals surface area contributed by atoms with Crippen LogP contribution in [0.15, 0.2) is 36.4 Å². The van der Waals surface area contributed by atoms with Crippen LogP contribution < -0.4 is 0 Å². The number of carbonyl (C=O) groups excluding carboxylic acids is 1. The molecule has 4 heteroatoms. The van der Waals surface area contributed by atoms with Crippen LogP contribution in [0.2, 0.25) is 0 Å². The Labute approximate surface area is 140 Å². The van der Waals surface area contributed by atoms with Crippen molar-refractivity contribution in [3.05, 3.63) is 47.5 Å². The van der Waals surface area contributed by atoms with E-state index < -0.39 is 0 Å². The average Bonchev–Trinajstić information content (AvgIpc) is 2.88. The average molecular weight is 321 g/mol. The second kappa shape index (κ2) is 5.41. The number of hydrogen-bond donors (Lipinski definition) is 2. The fourth-order valence-corrected chi connectivity index (χ4v) is 3.99. The maximum absolute atomic E-state index is 11.9.